The minimum atomic E-state index is -0.159. The lowest BCUT2D eigenvalue weighted by Crippen LogP contribution is -2.32. The number of nitrogens with one attached hydrogen (secondary N) is 1. The summed E-state index contributed by atoms with van der Waals surface area (Å²) in [6, 6.07) is 3.50. The average molecular weight is 194 g/mol. The first-order chi connectivity index (χ1) is 6.75. The van der Waals surface area contributed by atoms with Crippen LogP contribution in [0, 0.1) is 0 Å². The molecule has 4 nitrogen and oxygen atoms in total. The lowest BCUT2D eigenvalue weighted by Gasteiger charge is -2.09. The van der Waals surface area contributed by atoms with E-state index in [-0.39, 0.29) is 11.8 Å². The van der Waals surface area contributed by atoms with Crippen LogP contribution >= 0.6 is 0 Å². The van der Waals surface area contributed by atoms with Crippen molar-refractivity contribution < 1.29 is 9.21 Å². The summed E-state index contributed by atoms with van der Waals surface area (Å²) < 4.78 is 5.02. The molecule has 0 radical (unpaired) electrons. The summed E-state index contributed by atoms with van der Waals surface area (Å²) in [7, 11) is 0. The van der Waals surface area contributed by atoms with Gasteiger partial charge >= 0.3 is 0 Å². The van der Waals surface area contributed by atoms with Crippen molar-refractivity contribution in [2.75, 3.05) is 5.73 Å². The molecule has 0 spiro atoms. The van der Waals surface area contributed by atoms with Gasteiger partial charge in [-0.1, -0.05) is 12.8 Å². The SMILES string of the molecule is Nc1ccc(C(=O)NC2CCCC2)o1. The van der Waals surface area contributed by atoms with Crippen molar-refractivity contribution in [1.29, 1.82) is 0 Å². The van der Waals surface area contributed by atoms with E-state index in [1.54, 1.807) is 12.1 Å². The number of anilines is 1. The molecule has 0 aromatic carbocycles. The Balaban J connectivity index is 1.95. The van der Waals surface area contributed by atoms with E-state index in [1.807, 2.05) is 0 Å². The van der Waals surface area contributed by atoms with Crippen LogP contribution in [0.2, 0.25) is 0 Å². The minimum Gasteiger partial charge on any atom is -0.436 e. The zero-order valence-electron chi connectivity index (χ0n) is 7.95. The fourth-order valence-electron chi connectivity index (χ4n) is 1.80. The van der Waals surface area contributed by atoms with Gasteiger partial charge in [-0.3, -0.25) is 4.79 Å². The largest absolute Gasteiger partial charge is 0.436 e. The van der Waals surface area contributed by atoms with Crippen molar-refractivity contribution >= 4 is 11.8 Å². The molecule has 1 aliphatic carbocycles. The molecule has 1 aromatic heterocycles. The summed E-state index contributed by atoms with van der Waals surface area (Å²) in [5.41, 5.74) is 5.38. The van der Waals surface area contributed by atoms with Crippen LogP contribution in [0.15, 0.2) is 16.5 Å². The molecule has 1 amide bonds. The van der Waals surface area contributed by atoms with Gasteiger partial charge in [-0.05, 0) is 18.9 Å². The summed E-state index contributed by atoms with van der Waals surface area (Å²) in [6.45, 7) is 0. The summed E-state index contributed by atoms with van der Waals surface area (Å²) in [6.07, 6.45) is 4.54. The lowest BCUT2D eigenvalue weighted by atomic mass is 10.2. The van der Waals surface area contributed by atoms with Crippen LogP contribution in [0.25, 0.3) is 0 Å². The smallest absolute Gasteiger partial charge is 0.287 e. The van der Waals surface area contributed by atoms with Crippen molar-refractivity contribution in [2.24, 2.45) is 0 Å². The van der Waals surface area contributed by atoms with Gasteiger partial charge in [-0.2, -0.15) is 0 Å². The van der Waals surface area contributed by atoms with Crippen LogP contribution in [0.4, 0.5) is 5.88 Å². The lowest BCUT2D eigenvalue weighted by molar-refractivity contribution is 0.0911. The molecule has 1 fully saturated rings. The Morgan fingerprint density at radius 1 is 1.43 bits per heavy atom. The van der Waals surface area contributed by atoms with Crippen LogP contribution in [0.1, 0.15) is 36.2 Å². The van der Waals surface area contributed by atoms with E-state index in [2.05, 4.69) is 5.32 Å². The first-order valence-electron chi connectivity index (χ1n) is 4.92. The molecule has 4 heteroatoms. The van der Waals surface area contributed by atoms with E-state index in [1.165, 1.54) is 12.8 Å². The molecule has 2 rings (SSSR count). The molecule has 1 saturated carbocycles. The number of amides is 1. The van der Waals surface area contributed by atoms with E-state index < -0.39 is 0 Å². The molecule has 0 bridgehead atoms. The number of hydrogen-bond acceptors (Lipinski definition) is 3. The third kappa shape index (κ3) is 1.89. The van der Waals surface area contributed by atoms with Crippen LogP contribution in [0.5, 0.6) is 0 Å². The highest BCUT2D eigenvalue weighted by Crippen LogP contribution is 2.18. The van der Waals surface area contributed by atoms with Gasteiger partial charge in [-0.25, -0.2) is 0 Å². The number of carbonyl (C=O) groups excluding carboxylic acids is 1. The van der Waals surface area contributed by atoms with E-state index >= 15 is 0 Å². The number of nitrogens with two attached hydrogens (primary N) is 1. The molecule has 76 valence electrons. The van der Waals surface area contributed by atoms with Crippen LogP contribution < -0.4 is 11.1 Å². The maximum atomic E-state index is 11.6. The Morgan fingerprint density at radius 2 is 2.14 bits per heavy atom. The number of rotatable bonds is 2. The molecule has 0 aliphatic heterocycles. The van der Waals surface area contributed by atoms with Gasteiger partial charge in [-0.15, -0.1) is 0 Å². The molecule has 1 aromatic rings. The van der Waals surface area contributed by atoms with Gasteiger partial charge in [0.2, 0.25) is 0 Å². The third-order valence-corrected chi connectivity index (χ3v) is 2.54. The second kappa shape index (κ2) is 3.74. The van der Waals surface area contributed by atoms with E-state index in [0.717, 1.165) is 12.8 Å². The number of carbonyl (C=O) groups is 1. The number of nitrogen functional groups attached to an aromatic ring is 1. The molecular weight excluding hydrogens is 180 g/mol. The number of hydrogen-bond donors (Lipinski definition) is 2. The topological polar surface area (TPSA) is 68.3 Å². The van der Waals surface area contributed by atoms with Gasteiger partial charge in [0.25, 0.3) is 5.91 Å². The van der Waals surface area contributed by atoms with E-state index in [9.17, 15) is 4.79 Å². The fourth-order valence-corrected chi connectivity index (χ4v) is 1.80. The monoisotopic (exact) mass is 194 g/mol. The molecule has 3 N–H and O–H groups in total. The second-order valence-corrected chi connectivity index (χ2v) is 3.66. The zero-order chi connectivity index (χ0) is 9.97. The summed E-state index contributed by atoms with van der Waals surface area (Å²) in [5.74, 6) is 0.421. The van der Waals surface area contributed by atoms with Crippen molar-refractivity contribution in [3.63, 3.8) is 0 Å². The third-order valence-electron chi connectivity index (χ3n) is 2.54. The Kier molecular flexibility index (Phi) is 2.43. The van der Waals surface area contributed by atoms with Gasteiger partial charge in [0, 0.05) is 12.1 Å². The zero-order valence-corrected chi connectivity index (χ0v) is 7.95. The summed E-state index contributed by atoms with van der Waals surface area (Å²) in [4.78, 5) is 11.6. The molecule has 0 saturated heterocycles. The second-order valence-electron chi connectivity index (χ2n) is 3.66. The van der Waals surface area contributed by atoms with Crippen molar-refractivity contribution in [3.8, 4) is 0 Å². The highest BCUT2D eigenvalue weighted by Gasteiger charge is 2.19. The first-order valence-corrected chi connectivity index (χ1v) is 4.92. The minimum absolute atomic E-state index is 0.159. The standard InChI is InChI=1S/C10H14N2O2/c11-9-6-5-8(14-9)10(13)12-7-3-1-2-4-7/h5-7H,1-4,11H2,(H,12,13). The van der Waals surface area contributed by atoms with E-state index in [0.29, 0.717) is 11.8 Å². The van der Waals surface area contributed by atoms with Crippen LogP contribution in [-0.2, 0) is 0 Å². The van der Waals surface area contributed by atoms with Gasteiger partial charge in [0.05, 0.1) is 0 Å². The molecule has 14 heavy (non-hydrogen) atoms. The van der Waals surface area contributed by atoms with Crippen LogP contribution in [-0.4, -0.2) is 11.9 Å². The highest BCUT2D eigenvalue weighted by atomic mass is 16.4. The Morgan fingerprint density at radius 3 is 2.71 bits per heavy atom. The summed E-state index contributed by atoms with van der Waals surface area (Å²) >= 11 is 0. The maximum Gasteiger partial charge on any atom is 0.287 e. The van der Waals surface area contributed by atoms with Gasteiger partial charge < -0.3 is 15.5 Å². The fraction of sp³-hybridized carbons (Fsp3) is 0.500. The maximum absolute atomic E-state index is 11.6. The van der Waals surface area contributed by atoms with Crippen LogP contribution in [0.3, 0.4) is 0 Å². The molecule has 0 unspecified atom stereocenters. The van der Waals surface area contributed by atoms with Crippen molar-refractivity contribution in [3.05, 3.63) is 17.9 Å². The van der Waals surface area contributed by atoms with Crippen molar-refractivity contribution in [2.45, 2.75) is 31.7 Å². The summed E-state index contributed by atoms with van der Waals surface area (Å²) in [5, 5.41) is 2.92. The van der Waals surface area contributed by atoms with Crippen molar-refractivity contribution in [1.82, 2.24) is 5.32 Å². The van der Waals surface area contributed by atoms with E-state index in [4.69, 9.17) is 10.2 Å². The quantitative estimate of drug-likeness (QED) is 0.750. The Labute approximate surface area is 82.5 Å². The van der Waals surface area contributed by atoms with Gasteiger partial charge in [0.15, 0.2) is 11.6 Å². The first kappa shape index (κ1) is 9.12. The number of furan rings is 1. The Bertz CT molecular complexity index is 327. The average Bonchev–Trinajstić information content (AvgIpc) is 2.75. The highest BCUT2D eigenvalue weighted by molar-refractivity contribution is 5.92. The molecule has 1 aliphatic rings. The molecule has 1 heterocycles. The van der Waals surface area contributed by atoms with Gasteiger partial charge in [0.1, 0.15) is 0 Å². The predicted molar refractivity (Wildman–Crippen MR) is 52.8 cm³/mol. The molecular formula is C10H14N2O2. The Hall–Kier alpha value is -1.45. The normalized spacial score (nSPS) is 17.1. The molecule has 0 atom stereocenters. The predicted octanol–water partition coefficient (Wildman–Crippen LogP) is 1.53.